The second kappa shape index (κ2) is 9.41. The van der Waals surface area contributed by atoms with Crippen molar-refractivity contribution in [3.8, 4) is 0 Å². The van der Waals surface area contributed by atoms with Crippen LogP contribution in [0.25, 0.3) is 0 Å². The second-order valence-corrected chi connectivity index (χ2v) is 8.36. The molecule has 2 heteroatoms. The van der Waals surface area contributed by atoms with Gasteiger partial charge in [-0.25, -0.2) is 0 Å². The summed E-state index contributed by atoms with van der Waals surface area (Å²) in [6.45, 7) is 5.68. The Balaban J connectivity index is 1.78. The van der Waals surface area contributed by atoms with Crippen LogP contribution in [-0.2, 0) is 12.8 Å². The highest BCUT2D eigenvalue weighted by atomic mass is 15.2. The van der Waals surface area contributed by atoms with Gasteiger partial charge in [-0.2, -0.15) is 0 Å². The lowest BCUT2D eigenvalue weighted by molar-refractivity contribution is 0.259. The number of fused-ring (bicyclic) bond motifs is 1. The molecule has 0 saturated heterocycles. The zero-order chi connectivity index (χ0) is 19.2. The number of benzene rings is 2. The van der Waals surface area contributed by atoms with E-state index < -0.39 is 0 Å². The van der Waals surface area contributed by atoms with Crippen LogP contribution in [0.1, 0.15) is 49.3 Å². The van der Waals surface area contributed by atoms with E-state index in [0.717, 1.165) is 6.54 Å². The fourth-order valence-corrected chi connectivity index (χ4v) is 4.53. The van der Waals surface area contributed by atoms with Gasteiger partial charge in [-0.15, -0.1) is 0 Å². The summed E-state index contributed by atoms with van der Waals surface area (Å²) < 4.78 is 0. The number of aryl methyl sites for hydroxylation is 1. The van der Waals surface area contributed by atoms with Gasteiger partial charge in [-0.1, -0.05) is 62.2 Å². The van der Waals surface area contributed by atoms with Gasteiger partial charge in [0.2, 0.25) is 0 Å². The zero-order valence-electron chi connectivity index (χ0n) is 17.6. The van der Waals surface area contributed by atoms with Gasteiger partial charge in [0.25, 0.3) is 0 Å². The van der Waals surface area contributed by atoms with Crippen molar-refractivity contribution in [2.45, 2.75) is 64.5 Å². The number of anilines is 1. The summed E-state index contributed by atoms with van der Waals surface area (Å²) in [6.07, 6.45) is 7.48. The molecule has 27 heavy (non-hydrogen) atoms. The molecule has 2 aromatic carbocycles. The molecule has 146 valence electrons. The molecule has 0 spiro atoms. The average Bonchev–Trinajstić information content (AvgIpc) is 3.09. The Morgan fingerprint density at radius 1 is 0.926 bits per heavy atom. The summed E-state index contributed by atoms with van der Waals surface area (Å²) in [6, 6.07) is 19.2. The summed E-state index contributed by atoms with van der Waals surface area (Å²) in [7, 11) is 4.48. The van der Waals surface area contributed by atoms with E-state index in [1.54, 1.807) is 0 Å². The molecule has 0 N–H and O–H groups in total. The van der Waals surface area contributed by atoms with Gasteiger partial charge in [0.05, 0.1) is 0 Å². The molecule has 0 aromatic heterocycles. The molecule has 0 amide bonds. The van der Waals surface area contributed by atoms with Crippen LogP contribution >= 0.6 is 0 Å². The normalized spacial score (nSPS) is 15.1. The van der Waals surface area contributed by atoms with Crippen molar-refractivity contribution in [2.24, 2.45) is 0 Å². The van der Waals surface area contributed by atoms with Crippen LogP contribution in [0, 0.1) is 6.92 Å². The van der Waals surface area contributed by atoms with E-state index in [2.05, 4.69) is 86.3 Å². The molecule has 0 fully saturated rings. The van der Waals surface area contributed by atoms with E-state index in [1.807, 2.05) is 0 Å². The van der Waals surface area contributed by atoms with Crippen LogP contribution in [0.15, 0.2) is 48.5 Å². The summed E-state index contributed by atoms with van der Waals surface area (Å²) in [5.41, 5.74) is 5.89. The maximum Gasteiger partial charge on any atom is 0.0398 e. The van der Waals surface area contributed by atoms with E-state index >= 15 is 0 Å². The van der Waals surface area contributed by atoms with Gasteiger partial charge in [0, 0.05) is 24.3 Å². The van der Waals surface area contributed by atoms with Crippen molar-refractivity contribution < 1.29 is 0 Å². The molecular weight excluding hydrogens is 328 g/mol. The van der Waals surface area contributed by atoms with E-state index in [4.69, 9.17) is 0 Å². The summed E-state index contributed by atoms with van der Waals surface area (Å²) in [5.74, 6) is 0. The number of hydrogen-bond acceptors (Lipinski definition) is 2. The molecule has 1 atom stereocenters. The largest absolute Gasteiger partial charge is 0.368 e. The highest BCUT2D eigenvalue weighted by Crippen LogP contribution is 2.31. The Kier molecular flexibility index (Phi) is 6.95. The minimum Gasteiger partial charge on any atom is -0.368 e. The quantitative estimate of drug-likeness (QED) is 0.581. The smallest absolute Gasteiger partial charge is 0.0398 e. The molecule has 1 aliphatic carbocycles. The standard InChI is InChI=1S/C25H36N2/c1-5-6-14-23(26(3)4)16-17-27(25-15-10-7-11-20(25)2)24-18-21-12-8-9-13-22(21)19-24/h7-13,15,23-24H,5-6,14,16-19H2,1-4H3/t23-/m0/s1. The van der Waals surface area contributed by atoms with E-state index in [-0.39, 0.29) is 0 Å². The summed E-state index contributed by atoms with van der Waals surface area (Å²) in [5, 5.41) is 0. The van der Waals surface area contributed by atoms with Crippen molar-refractivity contribution in [3.63, 3.8) is 0 Å². The fourth-order valence-electron chi connectivity index (χ4n) is 4.53. The van der Waals surface area contributed by atoms with Crippen molar-refractivity contribution in [2.75, 3.05) is 25.5 Å². The Hall–Kier alpha value is -1.80. The molecule has 0 radical (unpaired) electrons. The van der Waals surface area contributed by atoms with E-state index in [0.29, 0.717) is 12.1 Å². The van der Waals surface area contributed by atoms with Crippen molar-refractivity contribution in [1.82, 2.24) is 4.90 Å². The lowest BCUT2D eigenvalue weighted by atomic mass is 10.0. The number of hydrogen-bond donors (Lipinski definition) is 0. The molecule has 0 aliphatic heterocycles. The molecular formula is C25H36N2. The Morgan fingerprint density at radius 2 is 1.56 bits per heavy atom. The predicted molar refractivity (Wildman–Crippen MR) is 118 cm³/mol. The first-order valence-corrected chi connectivity index (χ1v) is 10.7. The topological polar surface area (TPSA) is 6.48 Å². The van der Waals surface area contributed by atoms with Crippen molar-refractivity contribution in [3.05, 3.63) is 65.2 Å². The maximum atomic E-state index is 2.71. The highest BCUT2D eigenvalue weighted by molar-refractivity contribution is 5.55. The molecule has 0 heterocycles. The van der Waals surface area contributed by atoms with Crippen LogP contribution in [0.3, 0.4) is 0 Å². The first-order valence-electron chi connectivity index (χ1n) is 10.7. The molecule has 2 aromatic rings. The Labute approximate surface area is 166 Å². The number of rotatable bonds is 9. The zero-order valence-corrected chi connectivity index (χ0v) is 17.6. The Bertz CT molecular complexity index is 697. The third-order valence-corrected chi connectivity index (χ3v) is 6.22. The molecule has 0 bridgehead atoms. The first kappa shape index (κ1) is 19.9. The maximum absolute atomic E-state index is 2.71. The number of nitrogens with zero attached hydrogens (tertiary/aromatic N) is 2. The lowest BCUT2D eigenvalue weighted by Gasteiger charge is -2.35. The summed E-state index contributed by atoms with van der Waals surface area (Å²) in [4.78, 5) is 5.13. The molecule has 0 saturated carbocycles. The van der Waals surface area contributed by atoms with Gasteiger partial charge < -0.3 is 9.80 Å². The lowest BCUT2D eigenvalue weighted by Crippen LogP contribution is -2.40. The van der Waals surface area contributed by atoms with Gasteiger partial charge in [-0.3, -0.25) is 0 Å². The predicted octanol–water partition coefficient (Wildman–Crippen LogP) is 5.48. The van der Waals surface area contributed by atoms with Crippen molar-refractivity contribution in [1.29, 1.82) is 0 Å². The summed E-state index contributed by atoms with van der Waals surface area (Å²) >= 11 is 0. The minimum absolute atomic E-state index is 0.581. The molecule has 0 unspecified atom stereocenters. The van der Waals surface area contributed by atoms with Gasteiger partial charge >= 0.3 is 0 Å². The monoisotopic (exact) mass is 364 g/mol. The molecule has 3 rings (SSSR count). The van der Waals surface area contributed by atoms with Crippen LogP contribution in [0.2, 0.25) is 0 Å². The number of para-hydroxylation sites is 1. The van der Waals surface area contributed by atoms with Crippen molar-refractivity contribution >= 4 is 5.69 Å². The molecule has 1 aliphatic rings. The van der Waals surface area contributed by atoms with Crippen LogP contribution in [0.5, 0.6) is 0 Å². The second-order valence-electron chi connectivity index (χ2n) is 8.36. The first-order chi connectivity index (χ1) is 13.1. The number of unbranched alkanes of at least 4 members (excludes halogenated alkanes) is 1. The fraction of sp³-hybridized carbons (Fsp3) is 0.520. The van der Waals surface area contributed by atoms with E-state index in [1.165, 1.54) is 60.9 Å². The van der Waals surface area contributed by atoms with Crippen LogP contribution in [0.4, 0.5) is 5.69 Å². The SMILES string of the molecule is CCCC[C@@H](CCN(c1ccccc1C)C1Cc2ccccc2C1)N(C)C. The molecule has 2 nitrogen and oxygen atoms in total. The Morgan fingerprint density at radius 3 is 2.15 bits per heavy atom. The highest BCUT2D eigenvalue weighted by Gasteiger charge is 2.28. The van der Waals surface area contributed by atoms with Crippen LogP contribution < -0.4 is 4.90 Å². The van der Waals surface area contributed by atoms with E-state index in [9.17, 15) is 0 Å². The van der Waals surface area contributed by atoms with Crippen LogP contribution in [-0.4, -0.2) is 37.6 Å². The average molecular weight is 365 g/mol. The van der Waals surface area contributed by atoms with Gasteiger partial charge in [-0.05, 0) is 69.5 Å². The third kappa shape index (κ3) is 4.93. The van der Waals surface area contributed by atoms with Gasteiger partial charge in [0.15, 0.2) is 0 Å². The van der Waals surface area contributed by atoms with Gasteiger partial charge in [0.1, 0.15) is 0 Å². The third-order valence-electron chi connectivity index (χ3n) is 6.22. The minimum atomic E-state index is 0.581.